The van der Waals surface area contributed by atoms with Crippen molar-refractivity contribution in [2.24, 2.45) is 0 Å². The number of halogens is 1. The Balaban J connectivity index is 1.49. The molecule has 1 aliphatic heterocycles. The average Bonchev–Trinajstić information content (AvgIpc) is 2.63. The van der Waals surface area contributed by atoms with E-state index in [9.17, 15) is 14.4 Å². The molecule has 8 heteroatoms. The first-order chi connectivity index (χ1) is 12.9. The molecule has 0 fully saturated rings. The third kappa shape index (κ3) is 5.11. The van der Waals surface area contributed by atoms with E-state index < -0.39 is 5.25 Å². The predicted octanol–water partition coefficient (Wildman–Crippen LogP) is 3.32. The molecule has 2 aromatic rings. The molecular weight excluding hydrogens is 430 g/mol. The number of carbonyl (C=O) groups is 3. The fourth-order valence-corrected chi connectivity index (χ4v) is 4.19. The highest BCUT2D eigenvalue weighted by Gasteiger charge is 2.28. The van der Waals surface area contributed by atoms with Gasteiger partial charge in [0.25, 0.3) is 0 Å². The van der Waals surface area contributed by atoms with Crippen molar-refractivity contribution in [2.75, 3.05) is 17.2 Å². The predicted molar refractivity (Wildman–Crippen MR) is 110 cm³/mol. The summed E-state index contributed by atoms with van der Waals surface area (Å²) in [7, 11) is 0. The number of rotatable bonds is 5. The van der Waals surface area contributed by atoms with Crippen LogP contribution in [0.1, 0.15) is 12.0 Å². The van der Waals surface area contributed by atoms with Crippen LogP contribution in [0.4, 0.5) is 11.4 Å². The number of nitrogens with one attached hydrogen (secondary N) is 3. The minimum absolute atomic E-state index is 0.00935. The lowest BCUT2D eigenvalue weighted by Crippen LogP contribution is -2.37. The molecule has 0 unspecified atom stereocenters. The first-order valence-electron chi connectivity index (χ1n) is 8.31. The van der Waals surface area contributed by atoms with E-state index in [1.54, 1.807) is 6.07 Å². The summed E-state index contributed by atoms with van der Waals surface area (Å²) in [5.74, 6) is -0.867. The van der Waals surface area contributed by atoms with Crippen LogP contribution in [0, 0.1) is 6.92 Å². The minimum Gasteiger partial charge on any atom is -0.347 e. The van der Waals surface area contributed by atoms with Crippen molar-refractivity contribution < 1.29 is 14.4 Å². The summed E-state index contributed by atoms with van der Waals surface area (Å²) in [6.45, 7) is 1.74. The SMILES string of the molecule is Cc1cc(Br)ccc1NC(=O)CNC(=O)C[C@H]1Sc2ccccc2NC1=O. The summed E-state index contributed by atoms with van der Waals surface area (Å²) in [6, 6.07) is 13.0. The van der Waals surface area contributed by atoms with E-state index in [0.717, 1.165) is 20.6 Å². The molecule has 0 radical (unpaired) electrons. The summed E-state index contributed by atoms with van der Waals surface area (Å²) in [4.78, 5) is 37.3. The number of hydrogen-bond donors (Lipinski definition) is 3. The topological polar surface area (TPSA) is 87.3 Å². The number of anilines is 2. The number of aryl methyl sites for hydroxylation is 1. The number of benzene rings is 2. The van der Waals surface area contributed by atoms with Gasteiger partial charge in [-0.15, -0.1) is 11.8 Å². The van der Waals surface area contributed by atoms with Crippen LogP contribution in [0.3, 0.4) is 0 Å². The van der Waals surface area contributed by atoms with Gasteiger partial charge in [-0.2, -0.15) is 0 Å². The van der Waals surface area contributed by atoms with Crippen LogP contribution in [0.5, 0.6) is 0 Å². The second-order valence-electron chi connectivity index (χ2n) is 6.08. The molecule has 0 aromatic heterocycles. The Labute approximate surface area is 169 Å². The van der Waals surface area contributed by atoms with Crippen molar-refractivity contribution in [3.8, 4) is 0 Å². The van der Waals surface area contributed by atoms with Gasteiger partial charge in [-0.25, -0.2) is 0 Å². The average molecular weight is 448 g/mol. The van der Waals surface area contributed by atoms with Gasteiger partial charge in [-0.05, 0) is 42.8 Å². The van der Waals surface area contributed by atoms with E-state index >= 15 is 0 Å². The van der Waals surface area contributed by atoms with Crippen molar-refractivity contribution in [2.45, 2.75) is 23.5 Å². The lowest BCUT2D eigenvalue weighted by molar-refractivity contribution is -0.125. The molecule has 3 N–H and O–H groups in total. The molecule has 3 rings (SSSR count). The van der Waals surface area contributed by atoms with Crippen molar-refractivity contribution in [1.82, 2.24) is 5.32 Å². The van der Waals surface area contributed by atoms with Crippen molar-refractivity contribution >= 4 is 56.8 Å². The third-order valence-electron chi connectivity index (χ3n) is 3.99. The fourth-order valence-electron chi connectivity index (χ4n) is 2.61. The number of hydrogen-bond acceptors (Lipinski definition) is 4. The Morgan fingerprint density at radius 2 is 1.96 bits per heavy atom. The van der Waals surface area contributed by atoms with Crippen LogP contribution in [-0.4, -0.2) is 29.5 Å². The lowest BCUT2D eigenvalue weighted by Gasteiger charge is -2.23. The highest BCUT2D eigenvalue weighted by atomic mass is 79.9. The molecule has 0 saturated heterocycles. The monoisotopic (exact) mass is 447 g/mol. The largest absolute Gasteiger partial charge is 0.347 e. The highest BCUT2D eigenvalue weighted by Crippen LogP contribution is 2.36. The molecule has 1 heterocycles. The summed E-state index contributed by atoms with van der Waals surface area (Å²) in [6.07, 6.45) is 0.00935. The number of fused-ring (bicyclic) bond motifs is 1. The molecule has 27 heavy (non-hydrogen) atoms. The van der Waals surface area contributed by atoms with Gasteiger partial charge >= 0.3 is 0 Å². The number of carbonyl (C=O) groups excluding carboxylic acids is 3. The van der Waals surface area contributed by atoms with Crippen molar-refractivity contribution in [3.05, 3.63) is 52.5 Å². The Kier molecular flexibility index (Phi) is 6.18. The molecule has 2 aromatic carbocycles. The Bertz CT molecular complexity index is 904. The van der Waals surface area contributed by atoms with Gasteiger partial charge in [0.1, 0.15) is 0 Å². The Morgan fingerprint density at radius 1 is 1.19 bits per heavy atom. The first kappa shape index (κ1) is 19.4. The maximum atomic E-state index is 12.1. The van der Waals surface area contributed by atoms with Gasteiger partial charge in [-0.3, -0.25) is 14.4 Å². The van der Waals surface area contributed by atoms with Crippen molar-refractivity contribution in [1.29, 1.82) is 0 Å². The standard InChI is InChI=1S/C19H18BrN3O3S/c1-11-8-12(20)6-7-13(11)22-18(25)10-21-17(24)9-16-19(26)23-14-4-2-3-5-15(14)27-16/h2-8,16H,9-10H2,1H3,(H,21,24)(H,22,25)(H,23,26)/t16-/m1/s1. The Morgan fingerprint density at radius 3 is 2.74 bits per heavy atom. The third-order valence-corrected chi connectivity index (χ3v) is 5.75. The maximum absolute atomic E-state index is 12.1. The molecule has 3 amide bonds. The summed E-state index contributed by atoms with van der Waals surface area (Å²) < 4.78 is 0.927. The minimum atomic E-state index is -0.517. The second-order valence-corrected chi connectivity index (χ2v) is 8.24. The van der Waals surface area contributed by atoms with Gasteiger partial charge in [0.15, 0.2) is 0 Å². The number of para-hydroxylation sites is 1. The molecular formula is C19H18BrN3O3S. The van der Waals surface area contributed by atoms with Gasteiger partial charge in [-0.1, -0.05) is 28.1 Å². The quantitative estimate of drug-likeness (QED) is 0.655. The van der Waals surface area contributed by atoms with E-state index in [0.29, 0.717) is 5.69 Å². The summed E-state index contributed by atoms with van der Waals surface area (Å²) in [5.41, 5.74) is 2.36. The van der Waals surface area contributed by atoms with Crippen LogP contribution >= 0.6 is 27.7 Å². The first-order valence-corrected chi connectivity index (χ1v) is 9.99. The molecule has 0 spiro atoms. The summed E-state index contributed by atoms with van der Waals surface area (Å²) >= 11 is 4.73. The molecule has 6 nitrogen and oxygen atoms in total. The van der Waals surface area contributed by atoms with E-state index in [-0.39, 0.29) is 30.7 Å². The molecule has 1 aliphatic rings. The van der Waals surface area contributed by atoms with Crippen LogP contribution < -0.4 is 16.0 Å². The fraction of sp³-hybridized carbons (Fsp3) is 0.211. The zero-order valence-electron chi connectivity index (χ0n) is 14.5. The van der Waals surface area contributed by atoms with Crippen LogP contribution in [0.25, 0.3) is 0 Å². The second kappa shape index (κ2) is 8.58. The van der Waals surface area contributed by atoms with E-state index in [2.05, 4.69) is 31.9 Å². The molecule has 0 aliphatic carbocycles. The van der Waals surface area contributed by atoms with Crippen LogP contribution in [-0.2, 0) is 14.4 Å². The van der Waals surface area contributed by atoms with E-state index in [4.69, 9.17) is 0 Å². The van der Waals surface area contributed by atoms with Gasteiger partial charge in [0.2, 0.25) is 17.7 Å². The molecule has 1 atom stereocenters. The van der Waals surface area contributed by atoms with E-state index in [1.807, 2.05) is 43.3 Å². The molecule has 140 valence electrons. The smallest absolute Gasteiger partial charge is 0.243 e. The molecule has 0 saturated carbocycles. The normalized spacial score (nSPS) is 15.5. The zero-order chi connectivity index (χ0) is 19.4. The number of amides is 3. The van der Waals surface area contributed by atoms with Gasteiger partial charge in [0, 0.05) is 21.5 Å². The highest BCUT2D eigenvalue weighted by molar-refractivity contribution is 9.10. The maximum Gasteiger partial charge on any atom is 0.243 e. The van der Waals surface area contributed by atoms with E-state index in [1.165, 1.54) is 11.8 Å². The molecule has 0 bridgehead atoms. The van der Waals surface area contributed by atoms with Gasteiger partial charge in [0.05, 0.1) is 17.5 Å². The van der Waals surface area contributed by atoms with Gasteiger partial charge < -0.3 is 16.0 Å². The zero-order valence-corrected chi connectivity index (χ0v) is 16.9. The lowest BCUT2D eigenvalue weighted by atomic mass is 10.2. The number of thioether (sulfide) groups is 1. The van der Waals surface area contributed by atoms with Crippen LogP contribution in [0.15, 0.2) is 51.8 Å². The van der Waals surface area contributed by atoms with Crippen molar-refractivity contribution in [3.63, 3.8) is 0 Å². The van der Waals surface area contributed by atoms with Crippen LogP contribution in [0.2, 0.25) is 0 Å². The Hall–Kier alpha value is -2.32. The summed E-state index contributed by atoms with van der Waals surface area (Å²) in [5, 5.41) is 7.61.